The minimum atomic E-state index is -0.360. The molecule has 3 nitrogen and oxygen atoms in total. The molecule has 5 heteroatoms. The zero-order chi connectivity index (χ0) is 14.8. The van der Waals surface area contributed by atoms with Crippen LogP contribution in [0.25, 0.3) is 10.8 Å². The van der Waals surface area contributed by atoms with Gasteiger partial charge in [-0.15, -0.1) is 0 Å². The van der Waals surface area contributed by atoms with Crippen molar-refractivity contribution in [2.24, 2.45) is 0 Å². The Labute approximate surface area is 125 Å². The minimum Gasteiger partial charge on any atom is -0.319 e. The lowest BCUT2D eigenvalue weighted by molar-refractivity contribution is 0.102. The van der Waals surface area contributed by atoms with E-state index in [1.807, 2.05) is 0 Å². The van der Waals surface area contributed by atoms with Crippen LogP contribution in [0, 0.1) is 5.82 Å². The van der Waals surface area contributed by atoms with Crippen LogP contribution in [-0.2, 0) is 0 Å². The molecule has 1 aromatic heterocycles. The minimum absolute atomic E-state index is 0.206. The second kappa shape index (κ2) is 5.50. The smallest absolute Gasteiger partial charge is 0.256 e. The van der Waals surface area contributed by atoms with E-state index >= 15 is 0 Å². The molecule has 104 valence electrons. The maximum atomic E-state index is 13.8. The van der Waals surface area contributed by atoms with Crippen molar-refractivity contribution in [1.82, 2.24) is 4.98 Å². The van der Waals surface area contributed by atoms with E-state index in [1.165, 1.54) is 18.3 Å². The Bertz CT molecular complexity index is 835. The van der Waals surface area contributed by atoms with E-state index in [9.17, 15) is 9.18 Å². The molecule has 0 saturated heterocycles. The van der Waals surface area contributed by atoms with E-state index in [0.29, 0.717) is 22.0 Å². The standard InChI is InChI=1S/C16H10ClFN2O/c17-15-14(6-3-9-19-15)20-16(21)12-7-8-13(18)11-5-2-1-4-10(11)12/h1-9H,(H,20,21). The van der Waals surface area contributed by atoms with Crippen LogP contribution in [0.2, 0.25) is 5.15 Å². The van der Waals surface area contributed by atoms with Gasteiger partial charge in [0, 0.05) is 17.1 Å². The molecular weight excluding hydrogens is 291 g/mol. The molecule has 0 spiro atoms. The first-order chi connectivity index (χ1) is 10.2. The Morgan fingerprint density at radius 2 is 1.81 bits per heavy atom. The van der Waals surface area contributed by atoms with E-state index in [-0.39, 0.29) is 16.9 Å². The van der Waals surface area contributed by atoms with Gasteiger partial charge >= 0.3 is 0 Å². The summed E-state index contributed by atoms with van der Waals surface area (Å²) in [6, 6.07) is 12.9. The molecule has 0 fully saturated rings. The summed E-state index contributed by atoms with van der Waals surface area (Å²) in [5.74, 6) is -0.720. The number of amides is 1. The summed E-state index contributed by atoms with van der Waals surface area (Å²) in [7, 11) is 0. The molecule has 1 amide bonds. The number of benzene rings is 2. The molecule has 0 saturated carbocycles. The van der Waals surface area contributed by atoms with Crippen LogP contribution >= 0.6 is 11.6 Å². The number of fused-ring (bicyclic) bond motifs is 1. The molecule has 1 N–H and O–H groups in total. The van der Waals surface area contributed by atoms with Crippen LogP contribution in [0.1, 0.15) is 10.4 Å². The van der Waals surface area contributed by atoms with E-state index in [2.05, 4.69) is 10.3 Å². The molecule has 3 aromatic rings. The van der Waals surface area contributed by atoms with Crippen LogP contribution in [0.3, 0.4) is 0 Å². The zero-order valence-electron chi connectivity index (χ0n) is 10.8. The van der Waals surface area contributed by atoms with Gasteiger partial charge in [-0.05, 0) is 29.7 Å². The number of carbonyl (C=O) groups is 1. The van der Waals surface area contributed by atoms with E-state index < -0.39 is 0 Å². The van der Waals surface area contributed by atoms with Crippen molar-refractivity contribution in [1.29, 1.82) is 0 Å². The summed E-state index contributed by atoms with van der Waals surface area (Å²) in [5, 5.41) is 3.84. The van der Waals surface area contributed by atoms with Gasteiger partial charge in [0.1, 0.15) is 5.82 Å². The first-order valence-electron chi connectivity index (χ1n) is 6.26. The summed E-state index contributed by atoms with van der Waals surface area (Å²) in [4.78, 5) is 16.3. The molecule has 0 aliphatic carbocycles. The van der Waals surface area contributed by atoms with Gasteiger partial charge in [-0.2, -0.15) is 0 Å². The fourth-order valence-electron chi connectivity index (χ4n) is 2.13. The SMILES string of the molecule is O=C(Nc1cccnc1Cl)c1ccc(F)c2ccccc12. The number of rotatable bonds is 2. The van der Waals surface area contributed by atoms with Gasteiger partial charge in [0.15, 0.2) is 5.15 Å². The first kappa shape index (κ1) is 13.5. The number of anilines is 1. The topological polar surface area (TPSA) is 42.0 Å². The Morgan fingerprint density at radius 3 is 2.57 bits per heavy atom. The lowest BCUT2D eigenvalue weighted by Crippen LogP contribution is -2.13. The Morgan fingerprint density at radius 1 is 1.05 bits per heavy atom. The summed E-state index contributed by atoms with van der Waals surface area (Å²) in [6.45, 7) is 0. The van der Waals surface area contributed by atoms with Gasteiger partial charge in [-0.25, -0.2) is 9.37 Å². The molecule has 0 bridgehead atoms. The highest BCUT2D eigenvalue weighted by Crippen LogP contribution is 2.24. The van der Waals surface area contributed by atoms with Crippen molar-refractivity contribution in [3.05, 3.63) is 71.3 Å². The van der Waals surface area contributed by atoms with Crippen LogP contribution in [0.4, 0.5) is 10.1 Å². The van der Waals surface area contributed by atoms with Crippen molar-refractivity contribution < 1.29 is 9.18 Å². The highest BCUT2D eigenvalue weighted by Gasteiger charge is 2.13. The number of halogens is 2. The van der Waals surface area contributed by atoms with Crippen molar-refractivity contribution >= 4 is 34.0 Å². The third kappa shape index (κ3) is 2.58. The third-order valence-electron chi connectivity index (χ3n) is 3.12. The number of pyridine rings is 1. The van der Waals surface area contributed by atoms with E-state index in [0.717, 1.165) is 0 Å². The highest BCUT2D eigenvalue weighted by atomic mass is 35.5. The maximum absolute atomic E-state index is 13.8. The molecule has 0 aliphatic rings. The summed E-state index contributed by atoms with van der Waals surface area (Å²) in [6.07, 6.45) is 1.53. The Balaban J connectivity index is 2.03. The third-order valence-corrected chi connectivity index (χ3v) is 3.42. The zero-order valence-corrected chi connectivity index (χ0v) is 11.6. The molecule has 0 aliphatic heterocycles. The lowest BCUT2D eigenvalue weighted by Gasteiger charge is -2.09. The highest BCUT2D eigenvalue weighted by molar-refractivity contribution is 6.32. The van der Waals surface area contributed by atoms with Gasteiger partial charge in [0.25, 0.3) is 5.91 Å². The molecule has 3 rings (SSSR count). The number of nitrogens with zero attached hydrogens (tertiary/aromatic N) is 1. The van der Waals surface area contributed by atoms with Crippen LogP contribution in [0.15, 0.2) is 54.7 Å². The second-order valence-corrected chi connectivity index (χ2v) is 4.79. The summed E-state index contributed by atoms with van der Waals surface area (Å²) in [5.41, 5.74) is 0.796. The van der Waals surface area contributed by atoms with Gasteiger partial charge in [0.05, 0.1) is 5.69 Å². The predicted octanol–water partition coefficient (Wildman–Crippen LogP) is 4.28. The molecular formula is C16H10ClFN2O. The van der Waals surface area contributed by atoms with Crippen molar-refractivity contribution in [2.75, 3.05) is 5.32 Å². The maximum Gasteiger partial charge on any atom is 0.256 e. The molecule has 21 heavy (non-hydrogen) atoms. The summed E-state index contributed by atoms with van der Waals surface area (Å²) >= 11 is 5.91. The number of carbonyl (C=O) groups excluding carboxylic acids is 1. The second-order valence-electron chi connectivity index (χ2n) is 4.44. The quantitative estimate of drug-likeness (QED) is 0.718. The van der Waals surface area contributed by atoms with Crippen molar-refractivity contribution in [2.45, 2.75) is 0 Å². The Hall–Kier alpha value is -2.46. The largest absolute Gasteiger partial charge is 0.319 e. The van der Waals surface area contributed by atoms with Gasteiger partial charge in [0.2, 0.25) is 0 Å². The number of hydrogen-bond acceptors (Lipinski definition) is 2. The molecule has 0 atom stereocenters. The van der Waals surface area contributed by atoms with Gasteiger partial charge in [-0.1, -0.05) is 35.9 Å². The first-order valence-corrected chi connectivity index (χ1v) is 6.64. The predicted molar refractivity (Wildman–Crippen MR) is 81.1 cm³/mol. The van der Waals surface area contributed by atoms with E-state index in [4.69, 9.17) is 11.6 Å². The number of aromatic nitrogens is 1. The average Bonchev–Trinajstić information content (AvgIpc) is 2.50. The number of nitrogens with one attached hydrogen (secondary N) is 1. The fourth-order valence-corrected chi connectivity index (χ4v) is 2.30. The van der Waals surface area contributed by atoms with E-state index in [1.54, 1.807) is 36.4 Å². The average molecular weight is 301 g/mol. The van der Waals surface area contributed by atoms with Crippen LogP contribution in [0.5, 0.6) is 0 Å². The molecule has 2 aromatic carbocycles. The van der Waals surface area contributed by atoms with Gasteiger partial charge in [-0.3, -0.25) is 4.79 Å². The van der Waals surface area contributed by atoms with Gasteiger partial charge < -0.3 is 5.32 Å². The lowest BCUT2D eigenvalue weighted by atomic mass is 10.0. The molecule has 0 unspecified atom stereocenters. The van der Waals surface area contributed by atoms with Crippen molar-refractivity contribution in [3.63, 3.8) is 0 Å². The number of hydrogen-bond donors (Lipinski definition) is 1. The Kier molecular flexibility index (Phi) is 3.54. The van der Waals surface area contributed by atoms with Crippen LogP contribution in [-0.4, -0.2) is 10.9 Å². The normalized spacial score (nSPS) is 10.6. The molecule has 1 heterocycles. The van der Waals surface area contributed by atoms with Crippen LogP contribution < -0.4 is 5.32 Å². The van der Waals surface area contributed by atoms with Crippen molar-refractivity contribution in [3.8, 4) is 0 Å². The monoisotopic (exact) mass is 300 g/mol. The fraction of sp³-hybridized carbons (Fsp3) is 0. The summed E-state index contributed by atoms with van der Waals surface area (Å²) < 4.78 is 13.8. The molecule has 0 radical (unpaired) electrons.